The topological polar surface area (TPSA) is 44.1 Å². The van der Waals surface area contributed by atoms with E-state index in [1.807, 2.05) is 6.07 Å². The Morgan fingerprint density at radius 3 is 2.77 bits per heavy atom. The van der Waals surface area contributed by atoms with Crippen LogP contribution >= 0.6 is 0 Å². The molecule has 0 aliphatic carbocycles. The average molecular weight is 173 g/mol. The maximum Gasteiger partial charge on any atom is 0.253 e. The zero-order valence-corrected chi connectivity index (χ0v) is 7.53. The highest BCUT2D eigenvalue weighted by Gasteiger charge is 2.07. The normalized spacial score (nSPS) is 9.00. The highest BCUT2D eigenvalue weighted by Crippen LogP contribution is 2.05. The number of hydrogen-bond acceptors (Lipinski definition) is 2. The van der Waals surface area contributed by atoms with E-state index in [1.165, 1.54) is 4.90 Å². The van der Waals surface area contributed by atoms with Crippen molar-refractivity contribution in [2.24, 2.45) is 0 Å². The molecule has 0 N–H and O–H groups in total. The lowest BCUT2D eigenvalue weighted by Gasteiger charge is -2.09. The molecule has 1 radical (unpaired) electrons. The maximum absolute atomic E-state index is 11.4. The van der Waals surface area contributed by atoms with Crippen LogP contribution in [0, 0.1) is 17.4 Å². The van der Waals surface area contributed by atoms with Crippen molar-refractivity contribution in [2.45, 2.75) is 0 Å². The lowest BCUT2D eigenvalue weighted by molar-refractivity contribution is 0.0827. The van der Waals surface area contributed by atoms with E-state index in [0.717, 1.165) is 0 Å². The Labute approximate surface area is 77.2 Å². The molecule has 0 fully saturated rings. The predicted molar refractivity (Wildman–Crippen MR) is 48.0 cm³/mol. The van der Waals surface area contributed by atoms with E-state index in [0.29, 0.717) is 11.1 Å². The fraction of sp³-hybridized carbons (Fsp3) is 0.200. The first-order valence-corrected chi connectivity index (χ1v) is 3.78. The molecule has 0 bridgehead atoms. The fourth-order valence-electron chi connectivity index (χ4n) is 0.918. The number of carbonyl (C=O) groups excluding carboxylic acids is 1. The summed E-state index contributed by atoms with van der Waals surface area (Å²) in [7, 11) is 3.34. The van der Waals surface area contributed by atoms with E-state index in [9.17, 15) is 4.79 Å². The molecule has 0 unspecified atom stereocenters. The van der Waals surface area contributed by atoms with Crippen LogP contribution in [-0.4, -0.2) is 24.9 Å². The van der Waals surface area contributed by atoms with Gasteiger partial charge in [-0.15, -0.1) is 0 Å². The third kappa shape index (κ3) is 2.06. The molecule has 3 nitrogen and oxygen atoms in total. The van der Waals surface area contributed by atoms with E-state index in [2.05, 4.69) is 6.07 Å². The molecule has 1 aromatic carbocycles. The van der Waals surface area contributed by atoms with Crippen molar-refractivity contribution < 1.29 is 4.79 Å². The second kappa shape index (κ2) is 3.72. The molecule has 1 amide bonds. The smallest absolute Gasteiger partial charge is 0.253 e. The quantitative estimate of drug-likeness (QED) is 0.637. The lowest BCUT2D eigenvalue weighted by Crippen LogP contribution is -2.21. The van der Waals surface area contributed by atoms with Crippen LogP contribution in [0.1, 0.15) is 15.9 Å². The molecular formula is C10H9N2O. The van der Waals surface area contributed by atoms with E-state index < -0.39 is 0 Å². The fourth-order valence-corrected chi connectivity index (χ4v) is 0.918. The van der Waals surface area contributed by atoms with E-state index >= 15 is 0 Å². The van der Waals surface area contributed by atoms with E-state index in [4.69, 9.17) is 5.26 Å². The number of rotatable bonds is 1. The molecular weight excluding hydrogens is 164 g/mol. The zero-order chi connectivity index (χ0) is 9.84. The van der Waals surface area contributed by atoms with Crippen molar-refractivity contribution in [1.29, 1.82) is 5.26 Å². The lowest BCUT2D eigenvalue weighted by atomic mass is 10.1. The third-order valence-corrected chi connectivity index (χ3v) is 1.57. The molecule has 0 aliphatic rings. The predicted octanol–water partition coefficient (Wildman–Crippen LogP) is 1.06. The standard InChI is InChI=1S/C10H9N2O/c1-12(2)10(13)9-5-3-4-8(6-9)7-11/h4-6H,1-2H3. The molecule has 13 heavy (non-hydrogen) atoms. The Bertz CT molecular complexity index is 363. The van der Waals surface area contributed by atoms with Gasteiger partial charge in [0.05, 0.1) is 11.6 Å². The SMILES string of the molecule is CN(C)C(=O)c1c[c]cc(C#N)c1. The summed E-state index contributed by atoms with van der Waals surface area (Å²) >= 11 is 0. The van der Waals surface area contributed by atoms with Gasteiger partial charge in [0.2, 0.25) is 0 Å². The summed E-state index contributed by atoms with van der Waals surface area (Å²) in [5, 5.41) is 8.59. The molecule has 0 spiro atoms. The summed E-state index contributed by atoms with van der Waals surface area (Å²) in [4.78, 5) is 12.9. The van der Waals surface area contributed by atoms with Crippen molar-refractivity contribution in [1.82, 2.24) is 4.90 Å². The van der Waals surface area contributed by atoms with Gasteiger partial charge in [0.1, 0.15) is 0 Å². The molecule has 0 saturated heterocycles. The van der Waals surface area contributed by atoms with Gasteiger partial charge in [-0.3, -0.25) is 4.79 Å². The van der Waals surface area contributed by atoms with E-state index in [-0.39, 0.29) is 5.91 Å². The van der Waals surface area contributed by atoms with Gasteiger partial charge in [0.25, 0.3) is 5.91 Å². The molecule has 65 valence electrons. The number of hydrogen-bond donors (Lipinski definition) is 0. The summed E-state index contributed by atoms with van der Waals surface area (Å²) in [6.07, 6.45) is 0. The van der Waals surface area contributed by atoms with Crippen LogP contribution in [0.15, 0.2) is 18.2 Å². The molecule has 0 heterocycles. The Morgan fingerprint density at radius 1 is 1.54 bits per heavy atom. The van der Waals surface area contributed by atoms with Gasteiger partial charge in [-0.05, 0) is 24.3 Å². The minimum absolute atomic E-state index is 0.117. The number of amides is 1. The molecule has 1 aromatic rings. The molecule has 0 atom stereocenters. The first-order chi connectivity index (χ1) is 6.15. The minimum atomic E-state index is -0.117. The van der Waals surface area contributed by atoms with Crippen molar-refractivity contribution in [2.75, 3.05) is 14.1 Å². The second-order valence-corrected chi connectivity index (χ2v) is 2.82. The highest BCUT2D eigenvalue weighted by atomic mass is 16.2. The van der Waals surface area contributed by atoms with Gasteiger partial charge in [-0.2, -0.15) is 5.26 Å². The van der Waals surface area contributed by atoms with Crippen molar-refractivity contribution in [3.8, 4) is 6.07 Å². The number of carbonyl (C=O) groups is 1. The number of benzene rings is 1. The summed E-state index contributed by atoms with van der Waals surface area (Å²) in [6, 6.07) is 9.38. The van der Waals surface area contributed by atoms with Crippen LogP contribution in [0.2, 0.25) is 0 Å². The van der Waals surface area contributed by atoms with Crippen molar-refractivity contribution >= 4 is 5.91 Å². The molecule has 1 rings (SSSR count). The van der Waals surface area contributed by atoms with Gasteiger partial charge >= 0.3 is 0 Å². The molecule has 0 saturated carbocycles. The Morgan fingerprint density at radius 2 is 2.23 bits per heavy atom. The number of nitrogens with zero attached hydrogens (tertiary/aromatic N) is 2. The van der Waals surface area contributed by atoms with Crippen LogP contribution in [0.25, 0.3) is 0 Å². The molecule has 0 aliphatic heterocycles. The van der Waals surface area contributed by atoms with E-state index in [1.54, 1.807) is 32.3 Å². The first kappa shape index (κ1) is 9.27. The zero-order valence-electron chi connectivity index (χ0n) is 7.53. The van der Waals surface area contributed by atoms with Gasteiger partial charge in [-0.25, -0.2) is 0 Å². The van der Waals surface area contributed by atoms with Crippen LogP contribution < -0.4 is 0 Å². The highest BCUT2D eigenvalue weighted by molar-refractivity contribution is 5.94. The Balaban J connectivity index is 3.04. The largest absolute Gasteiger partial charge is 0.345 e. The van der Waals surface area contributed by atoms with Crippen molar-refractivity contribution in [3.63, 3.8) is 0 Å². The van der Waals surface area contributed by atoms with Crippen LogP contribution in [0.5, 0.6) is 0 Å². The van der Waals surface area contributed by atoms with Crippen LogP contribution in [-0.2, 0) is 0 Å². The Hall–Kier alpha value is -1.82. The number of nitriles is 1. The monoisotopic (exact) mass is 173 g/mol. The van der Waals surface area contributed by atoms with Crippen LogP contribution in [0.4, 0.5) is 0 Å². The summed E-state index contributed by atoms with van der Waals surface area (Å²) in [5.74, 6) is -0.117. The van der Waals surface area contributed by atoms with Gasteiger partial charge < -0.3 is 4.90 Å². The molecule has 3 heteroatoms. The summed E-state index contributed by atoms with van der Waals surface area (Å²) < 4.78 is 0. The average Bonchev–Trinajstić information content (AvgIpc) is 2.16. The van der Waals surface area contributed by atoms with Gasteiger partial charge in [-0.1, -0.05) is 0 Å². The summed E-state index contributed by atoms with van der Waals surface area (Å²) in [6.45, 7) is 0. The minimum Gasteiger partial charge on any atom is -0.345 e. The van der Waals surface area contributed by atoms with Crippen molar-refractivity contribution in [3.05, 3.63) is 35.4 Å². The Kier molecular flexibility index (Phi) is 2.65. The molecule has 0 aromatic heterocycles. The van der Waals surface area contributed by atoms with Gasteiger partial charge in [0.15, 0.2) is 0 Å². The third-order valence-electron chi connectivity index (χ3n) is 1.57. The maximum atomic E-state index is 11.4. The van der Waals surface area contributed by atoms with Gasteiger partial charge in [0, 0.05) is 19.7 Å². The first-order valence-electron chi connectivity index (χ1n) is 3.78. The summed E-state index contributed by atoms with van der Waals surface area (Å²) in [5.41, 5.74) is 0.941. The second-order valence-electron chi connectivity index (χ2n) is 2.82. The van der Waals surface area contributed by atoms with Crippen LogP contribution in [0.3, 0.4) is 0 Å².